The van der Waals surface area contributed by atoms with Gasteiger partial charge in [0.1, 0.15) is 17.1 Å². The molecule has 2 atom stereocenters. The number of H-pyrrole nitrogens is 1. The second-order valence-corrected chi connectivity index (χ2v) is 10.9. The molecule has 2 N–H and O–H groups in total. The molecule has 3 aromatic rings. The highest BCUT2D eigenvalue weighted by atomic mass is 32.2. The lowest BCUT2D eigenvalue weighted by atomic mass is 10.1. The lowest BCUT2D eigenvalue weighted by Gasteiger charge is -2.35. The number of ether oxygens (including phenoxy) is 1. The van der Waals surface area contributed by atoms with Gasteiger partial charge in [-0.3, -0.25) is 4.68 Å². The van der Waals surface area contributed by atoms with Crippen molar-refractivity contribution in [1.29, 1.82) is 0 Å². The Morgan fingerprint density at radius 1 is 1.24 bits per heavy atom. The average Bonchev–Trinajstić information content (AvgIpc) is 3.08. The van der Waals surface area contributed by atoms with Crippen LogP contribution >= 0.6 is 12.2 Å². The molecule has 2 aromatic heterocycles. The fraction of sp³-hybridized carbons (Fsp3) is 0.500. The van der Waals surface area contributed by atoms with E-state index in [9.17, 15) is 8.42 Å². The van der Waals surface area contributed by atoms with Crippen LogP contribution in [0.1, 0.15) is 32.9 Å². The summed E-state index contributed by atoms with van der Waals surface area (Å²) in [5.74, 6) is 0.961. The molecule has 1 aliphatic rings. The molecule has 0 amide bonds. The van der Waals surface area contributed by atoms with E-state index in [-0.39, 0.29) is 17.0 Å². The summed E-state index contributed by atoms with van der Waals surface area (Å²) in [5, 5.41) is 7.96. The summed E-state index contributed by atoms with van der Waals surface area (Å²) in [5.41, 5.74) is 3.00. The number of aryl methyl sites for hydroxylation is 2. The number of fused-ring (bicyclic) bond motifs is 1. The van der Waals surface area contributed by atoms with Gasteiger partial charge in [0.2, 0.25) is 10.0 Å². The summed E-state index contributed by atoms with van der Waals surface area (Å²) >= 11 is 5.57. The van der Waals surface area contributed by atoms with Crippen LogP contribution in [0.2, 0.25) is 0 Å². The van der Waals surface area contributed by atoms with E-state index in [1.54, 1.807) is 30.0 Å². The maximum absolute atomic E-state index is 13.5. The van der Waals surface area contributed by atoms with E-state index in [2.05, 4.69) is 27.3 Å². The van der Waals surface area contributed by atoms with Crippen molar-refractivity contribution in [3.8, 4) is 17.1 Å². The van der Waals surface area contributed by atoms with E-state index in [4.69, 9.17) is 17.0 Å². The zero-order valence-corrected chi connectivity index (χ0v) is 21.2. The summed E-state index contributed by atoms with van der Waals surface area (Å²) in [6.07, 6.45) is 1.72. The average molecular weight is 491 g/mol. The Balaban J connectivity index is 1.85. The van der Waals surface area contributed by atoms with Gasteiger partial charge in [-0.1, -0.05) is 25.6 Å². The monoisotopic (exact) mass is 490 g/mol. The summed E-state index contributed by atoms with van der Waals surface area (Å²) in [6.45, 7) is 6.89. The third-order valence-corrected chi connectivity index (χ3v) is 7.97. The molecular formula is C22H30N6O3S2. The smallest absolute Gasteiger partial charge is 0.243 e. The molecule has 0 saturated carbocycles. The number of aromatic amines is 1. The van der Waals surface area contributed by atoms with Crippen LogP contribution in [0.25, 0.3) is 22.4 Å². The number of nitrogens with one attached hydrogen (secondary N) is 2. The number of hydrogen-bond acceptors (Lipinski definition) is 7. The second kappa shape index (κ2) is 9.13. The van der Waals surface area contributed by atoms with E-state index in [1.165, 1.54) is 4.31 Å². The molecule has 1 aliphatic heterocycles. The van der Waals surface area contributed by atoms with Gasteiger partial charge in [0, 0.05) is 32.2 Å². The van der Waals surface area contributed by atoms with Gasteiger partial charge < -0.3 is 15.0 Å². The van der Waals surface area contributed by atoms with Gasteiger partial charge in [0.25, 0.3) is 0 Å². The van der Waals surface area contributed by atoms with Crippen molar-refractivity contribution in [1.82, 2.24) is 29.4 Å². The molecule has 3 heterocycles. The summed E-state index contributed by atoms with van der Waals surface area (Å²) < 4.78 is 36.2. The topological polar surface area (TPSA) is 105 Å². The number of piperazine rings is 1. The number of sulfonamides is 1. The Morgan fingerprint density at radius 2 is 1.94 bits per heavy atom. The maximum Gasteiger partial charge on any atom is 0.243 e. The van der Waals surface area contributed by atoms with Gasteiger partial charge in [0.05, 0.1) is 28.8 Å². The van der Waals surface area contributed by atoms with E-state index in [1.807, 2.05) is 20.9 Å². The largest absolute Gasteiger partial charge is 0.496 e. The number of benzene rings is 1. The molecule has 4 rings (SSSR count). The molecule has 1 saturated heterocycles. The van der Waals surface area contributed by atoms with Gasteiger partial charge in [-0.05, 0) is 38.5 Å². The molecule has 178 valence electrons. The van der Waals surface area contributed by atoms with Gasteiger partial charge in [0.15, 0.2) is 4.64 Å². The quantitative estimate of drug-likeness (QED) is 0.512. The summed E-state index contributed by atoms with van der Waals surface area (Å²) in [6, 6.07) is 5.00. The Morgan fingerprint density at radius 3 is 2.58 bits per heavy atom. The van der Waals surface area contributed by atoms with Crippen molar-refractivity contribution in [3.63, 3.8) is 0 Å². The molecule has 9 nitrogen and oxygen atoms in total. The van der Waals surface area contributed by atoms with Crippen molar-refractivity contribution < 1.29 is 13.2 Å². The third-order valence-electron chi connectivity index (χ3n) is 5.85. The minimum atomic E-state index is -3.70. The Hall–Kier alpha value is -2.34. The normalized spacial score (nSPS) is 19.8. The fourth-order valence-corrected chi connectivity index (χ4v) is 6.42. The van der Waals surface area contributed by atoms with Crippen molar-refractivity contribution in [2.75, 3.05) is 20.2 Å². The minimum Gasteiger partial charge on any atom is -0.496 e. The first-order valence-corrected chi connectivity index (χ1v) is 12.9. The molecule has 0 unspecified atom stereocenters. The van der Waals surface area contributed by atoms with Crippen LogP contribution in [0.15, 0.2) is 23.1 Å². The predicted octanol–water partition coefficient (Wildman–Crippen LogP) is 3.02. The van der Waals surface area contributed by atoms with Crippen LogP contribution in [-0.4, -0.2) is 64.8 Å². The molecule has 33 heavy (non-hydrogen) atoms. The molecule has 0 radical (unpaired) electrons. The second-order valence-electron chi connectivity index (χ2n) is 8.59. The fourth-order valence-electron chi connectivity index (χ4n) is 4.45. The molecule has 0 aliphatic carbocycles. The van der Waals surface area contributed by atoms with Gasteiger partial charge in [-0.2, -0.15) is 9.40 Å². The van der Waals surface area contributed by atoms with Crippen molar-refractivity contribution in [2.24, 2.45) is 7.05 Å². The summed E-state index contributed by atoms with van der Waals surface area (Å²) in [4.78, 5) is 8.12. The lowest BCUT2D eigenvalue weighted by molar-refractivity contribution is 0.263. The number of nitrogens with zero attached hydrogens (tertiary/aromatic N) is 4. The van der Waals surface area contributed by atoms with Crippen molar-refractivity contribution in [3.05, 3.63) is 28.5 Å². The molecular weight excluding hydrogens is 460 g/mol. The van der Waals surface area contributed by atoms with Crippen LogP contribution in [0.3, 0.4) is 0 Å². The van der Waals surface area contributed by atoms with E-state index < -0.39 is 10.0 Å². The van der Waals surface area contributed by atoms with Crippen LogP contribution < -0.4 is 10.1 Å². The zero-order chi connectivity index (χ0) is 23.9. The SMILES string of the molecule is CCCc1nn(C)c2c(=S)nc(-c3cc(S(=O)(=O)N4C[C@@H](C)N[C@@H](C)C4)ccc3OC)[nH]c12. The first kappa shape index (κ1) is 23.8. The molecule has 11 heteroatoms. The standard InChI is InChI=1S/C22H30N6O3S2/c1-6-7-17-19-20(27(4)26-17)22(32)25-21(24-19)16-10-15(8-9-18(16)31-5)33(29,30)28-11-13(2)23-14(3)12-28/h8-10,13-14,23H,6-7,11-12H2,1-5H3,(H,24,25,32)/t13-,14+. The Kier molecular flexibility index (Phi) is 6.59. The third kappa shape index (κ3) is 4.42. The zero-order valence-electron chi connectivity index (χ0n) is 19.5. The maximum atomic E-state index is 13.5. The first-order valence-electron chi connectivity index (χ1n) is 11.1. The number of rotatable bonds is 6. The van der Waals surface area contributed by atoms with Gasteiger partial charge in [-0.25, -0.2) is 13.4 Å². The van der Waals surface area contributed by atoms with E-state index >= 15 is 0 Å². The van der Waals surface area contributed by atoms with Crippen LogP contribution in [0, 0.1) is 4.64 Å². The molecule has 1 fully saturated rings. The van der Waals surface area contributed by atoms with E-state index in [0.29, 0.717) is 34.9 Å². The Bertz CT molecular complexity index is 1340. The first-order chi connectivity index (χ1) is 15.6. The van der Waals surface area contributed by atoms with E-state index in [0.717, 1.165) is 29.6 Å². The summed E-state index contributed by atoms with van der Waals surface area (Å²) in [7, 11) is -0.304. The lowest BCUT2D eigenvalue weighted by Crippen LogP contribution is -2.55. The van der Waals surface area contributed by atoms with Crippen LogP contribution in [0.5, 0.6) is 5.75 Å². The predicted molar refractivity (Wildman–Crippen MR) is 130 cm³/mol. The van der Waals surface area contributed by atoms with Crippen LogP contribution in [0.4, 0.5) is 0 Å². The molecule has 0 spiro atoms. The minimum absolute atomic E-state index is 0.0731. The van der Waals surface area contributed by atoms with Gasteiger partial charge >= 0.3 is 0 Å². The highest BCUT2D eigenvalue weighted by molar-refractivity contribution is 7.89. The highest BCUT2D eigenvalue weighted by Gasteiger charge is 2.32. The number of methoxy groups -OCH3 is 1. The van der Waals surface area contributed by atoms with Crippen LogP contribution in [-0.2, 0) is 23.5 Å². The molecule has 1 aromatic carbocycles. The number of aromatic nitrogens is 4. The van der Waals surface area contributed by atoms with Crippen molar-refractivity contribution in [2.45, 2.75) is 50.6 Å². The molecule has 0 bridgehead atoms. The van der Waals surface area contributed by atoms with Gasteiger partial charge in [-0.15, -0.1) is 0 Å². The Labute approximate surface area is 199 Å². The highest BCUT2D eigenvalue weighted by Crippen LogP contribution is 2.33. The van der Waals surface area contributed by atoms with Crippen molar-refractivity contribution >= 4 is 33.3 Å². The number of hydrogen-bond donors (Lipinski definition) is 2.